The van der Waals surface area contributed by atoms with Crippen molar-refractivity contribution in [2.75, 3.05) is 11.4 Å². The van der Waals surface area contributed by atoms with E-state index < -0.39 is 12.0 Å². The minimum absolute atomic E-state index is 0.0879. The highest BCUT2D eigenvalue weighted by atomic mass is 16.2. The van der Waals surface area contributed by atoms with Crippen molar-refractivity contribution in [3.63, 3.8) is 0 Å². The van der Waals surface area contributed by atoms with Crippen LogP contribution < -0.4 is 15.5 Å². The Kier molecular flexibility index (Phi) is 5.80. The molecule has 2 atom stereocenters. The molecule has 0 saturated carbocycles. The predicted octanol–water partition coefficient (Wildman–Crippen LogP) is 1.26. The fourth-order valence-electron chi connectivity index (χ4n) is 2.98. The van der Waals surface area contributed by atoms with E-state index in [2.05, 4.69) is 15.6 Å². The second-order valence-corrected chi connectivity index (χ2v) is 6.55. The van der Waals surface area contributed by atoms with Gasteiger partial charge >= 0.3 is 0 Å². The van der Waals surface area contributed by atoms with Crippen LogP contribution in [0, 0.1) is 5.92 Å². The topological polar surface area (TPSA) is 91.4 Å². The summed E-state index contributed by atoms with van der Waals surface area (Å²) in [7, 11) is 0. The van der Waals surface area contributed by atoms with Crippen LogP contribution in [0.5, 0.6) is 0 Å². The second-order valence-electron chi connectivity index (χ2n) is 6.55. The first-order valence-corrected chi connectivity index (χ1v) is 8.87. The number of hydrogen-bond donors (Lipinski definition) is 2. The maximum Gasteiger partial charge on any atom is 0.242 e. The lowest BCUT2D eigenvalue weighted by atomic mass is 10.1. The maximum absolute atomic E-state index is 12.5. The third kappa shape index (κ3) is 4.69. The Hall–Kier alpha value is -3.22. The molecule has 1 aliphatic heterocycles. The lowest BCUT2D eigenvalue weighted by Crippen LogP contribution is -2.47. The number of para-hydroxylation sites is 1. The summed E-state index contributed by atoms with van der Waals surface area (Å²) >= 11 is 0. The smallest absolute Gasteiger partial charge is 0.242 e. The number of benzene rings is 1. The molecule has 0 spiro atoms. The number of aromatic nitrogens is 1. The van der Waals surface area contributed by atoms with Crippen LogP contribution in [0.15, 0.2) is 54.9 Å². The normalized spacial score (nSPS) is 17.4. The molecular weight excluding hydrogens is 344 g/mol. The number of pyridine rings is 1. The molecule has 2 N–H and O–H groups in total. The monoisotopic (exact) mass is 366 g/mol. The van der Waals surface area contributed by atoms with Gasteiger partial charge in [-0.1, -0.05) is 24.3 Å². The summed E-state index contributed by atoms with van der Waals surface area (Å²) < 4.78 is 0. The average molecular weight is 366 g/mol. The Morgan fingerprint density at radius 2 is 2.00 bits per heavy atom. The SMILES string of the molecule is C[C@H](NC(=O)C1CC(=O)N(c2ccccc2)C1)C(=O)NCc1cccnc1. The van der Waals surface area contributed by atoms with Gasteiger partial charge in [-0.15, -0.1) is 0 Å². The van der Waals surface area contributed by atoms with Crippen molar-refractivity contribution < 1.29 is 14.4 Å². The fourth-order valence-corrected chi connectivity index (χ4v) is 2.98. The van der Waals surface area contributed by atoms with Gasteiger partial charge in [0.25, 0.3) is 0 Å². The summed E-state index contributed by atoms with van der Waals surface area (Å²) in [5, 5.41) is 5.47. The molecule has 140 valence electrons. The summed E-state index contributed by atoms with van der Waals surface area (Å²) in [5.74, 6) is -1.12. The van der Waals surface area contributed by atoms with Gasteiger partial charge in [0.1, 0.15) is 6.04 Å². The van der Waals surface area contributed by atoms with Crippen molar-refractivity contribution in [2.45, 2.75) is 25.9 Å². The van der Waals surface area contributed by atoms with E-state index in [4.69, 9.17) is 0 Å². The van der Waals surface area contributed by atoms with Gasteiger partial charge in [-0.2, -0.15) is 0 Å². The van der Waals surface area contributed by atoms with Crippen LogP contribution in [0.4, 0.5) is 5.69 Å². The van der Waals surface area contributed by atoms with E-state index in [-0.39, 0.29) is 24.1 Å². The molecule has 2 aromatic rings. The maximum atomic E-state index is 12.5. The van der Waals surface area contributed by atoms with E-state index >= 15 is 0 Å². The molecule has 7 nitrogen and oxygen atoms in total. The van der Waals surface area contributed by atoms with Crippen LogP contribution in [0.25, 0.3) is 0 Å². The van der Waals surface area contributed by atoms with E-state index in [1.54, 1.807) is 30.3 Å². The Labute approximate surface area is 157 Å². The molecule has 0 bridgehead atoms. The number of nitrogens with one attached hydrogen (secondary N) is 2. The first-order valence-electron chi connectivity index (χ1n) is 8.87. The van der Waals surface area contributed by atoms with Crippen molar-refractivity contribution in [2.24, 2.45) is 5.92 Å². The molecule has 1 fully saturated rings. The zero-order valence-corrected chi connectivity index (χ0v) is 15.1. The van der Waals surface area contributed by atoms with Crippen LogP contribution in [0.2, 0.25) is 0 Å². The third-order valence-electron chi connectivity index (χ3n) is 4.51. The molecule has 1 aromatic heterocycles. The molecule has 1 aliphatic rings. The number of rotatable bonds is 6. The van der Waals surface area contributed by atoms with Crippen molar-refractivity contribution >= 4 is 23.4 Å². The van der Waals surface area contributed by atoms with Crippen molar-refractivity contribution in [1.82, 2.24) is 15.6 Å². The van der Waals surface area contributed by atoms with Crippen LogP contribution in [-0.2, 0) is 20.9 Å². The minimum atomic E-state index is -0.685. The Morgan fingerprint density at radius 3 is 2.70 bits per heavy atom. The molecule has 7 heteroatoms. The van der Waals surface area contributed by atoms with Gasteiger partial charge in [0.15, 0.2) is 0 Å². The number of amides is 3. The molecule has 1 unspecified atom stereocenters. The zero-order valence-electron chi connectivity index (χ0n) is 15.1. The summed E-state index contributed by atoms with van der Waals surface area (Å²) in [5.41, 5.74) is 1.66. The van der Waals surface area contributed by atoms with Crippen LogP contribution >= 0.6 is 0 Å². The minimum Gasteiger partial charge on any atom is -0.350 e. The lowest BCUT2D eigenvalue weighted by Gasteiger charge is -2.18. The van der Waals surface area contributed by atoms with E-state index in [9.17, 15) is 14.4 Å². The number of anilines is 1. The Balaban J connectivity index is 1.51. The first-order chi connectivity index (χ1) is 13.0. The first kappa shape index (κ1) is 18.6. The van der Waals surface area contributed by atoms with Gasteiger partial charge in [-0.25, -0.2) is 0 Å². The highest BCUT2D eigenvalue weighted by molar-refractivity contribution is 6.01. The van der Waals surface area contributed by atoms with E-state index in [1.165, 1.54) is 0 Å². The quantitative estimate of drug-likeness (QED) is 0.805. The van der Waals surface area contributed by atoms with E-state index in [0.29, 0.717) is 13.1 Å². The fraction of sp³-hybridized carbons (Fsp3) is 0.300. The van der Waals surface area contributed by atoms with Gasteiger partial charge in [-0.3, -0.25) is 19.4 Å². The summed E-state index contributed by atoms with van der Waals surface area (Å²) in [6.07, 6.45) is 3.48. The van der Waals surface area contributed by atoms with Crippen LogP contribution in [-0.4, -0.2) is 35.3 Å². The van der Waals surface area contributed by atoms with Gasteiger partial charge in [0, 0.05) is 37.6 Å². The molecule has 27 heavy (non-hydrogen) atoms. The van der Waals surface area contributed by atoms with Gasteiger partial charge in [-0.05, 0) is 30.7 Å². The highest BCUT2D eigenvalue weighted by Crippen LogP contribution is 2.24. The second kappa shape index (κ2) is 8.44. The Bertz CT molecular complexity index is 810. The summed E-state index contributed by atoms with van der Waals surface area (Å²) in [4.78, 5) is 42.5. The van der Waals surface area contributed by atoms with Crippen molar-refractivity contribution in [3.8, 4) is 0 Å². The molecule has 1 aromatic carbocycles. The summed E-state index contributed by atoms with van der Waals surface area (Å²) in [6.45, 7) is 2.29. The summed E-state index contributed by atoms with van der Waals surface area (Å²) in [6, 6.07) is 12.2. The molecule has 3 rings (SSSR count). The molecule has 3 amide bonds. The molecule has 2 heterocycles. The average Bonchev–Trinajstić information content (AvgIpc) is 3.09. The van der Waals surface area contributed by atoms with Crippen molar-refractivity contribution in [3.05, 3.63) is 60.4 Å². The van der Waals surface area contributed by atoms with Gasteiger partial charge < -0.3 is 15.5 Å². The molecule has 0 radical (unpaired) electrons. The van der Waals surface area contributed by atoms with Crippen LogP contribution in [0.1, 0.15) is 18.9 Å². The number of carbonyl (C=O) groups excluding carboxylic acids is 3. The molecule has 1 saturated heterocycles. The number of carbonyl (C=O) groups is 3. The van der Waals surface area contributed by atoms with Crippen molar-refractivity contribution in [1.29, 1.82) is 0 Å². The zero-order chi connectivity index (χ0) is 19.2. The third-order valence-corrected chi connectivity index (χ3v) is 4.51. The van der Waals surface area contributed by atoms with E-state index in [0.717, 1.165) is 11.3 Å². The largest absolute Gasteiger partial charge is 0.350 e. The Morgan fingerprint density at radius 1 is 1.22 bits per heavy atom. The van der Waals surface area contributed by atoms with Crippen LogP contribution in [0.3, 0.4) is 0 Å². The van der Waals surface area contributed by atoms with Gasteiger partial charge in [0.05, 0.1) is 5.92 Å². The molecule has 0 aliphatic carbocycles. The number of nitrogens with zero attached hydrogens (tertiary/aromatic N) is 2. The van der Waals surface area contributed by atoms with Gasteiger partial charge in [0.2, 0.25) is 17.7 Å². The number of hydrogen-bond acceptors (Lipinski definition) is 4. The standard InChI is InChI=1S/C20H22N4O3/c1-14(19(26)22-12-15-6-5-9-21-11-15)23-20(27)16-10-18(25)24(13-16)17-7-3-2-4-8-17/h2-9,11,14,16H,10,12-13H2,1H3,(H,22,26)(H,23,27)/t14-,16?/m0/s1. The predicted molar refractivity (Wildman–Crippen MR) is 101 cm³/mol. The highest BCUT2D eigenvalue weighted by Gasteiger charge is 2.35. The lowest BCUT2D eigenvalue weighted by molar-refractivity contribution is -0.131. The van der Waals surface area contributed by atoms with E-state index in [1.807, 2.05) is 36.4 Å². The molecular formula is C20H22N4O3.